The van der Waals surface area contributed by atoms with Gasteiger partial charge in [0.2, 0.25) is 17.7 Å². The van der Waals surface area contributed by atoms with Gasteiger partial charge in [-0.15, -0.1) is 0 Å². The Morgan fingerprint density at radius 3 is 2.43 bits per heavy atom. The van der Waals surface area contributed by atoms with Crippen LogP contribution in [0, 0.1) is 23.1 Å². The number of benzene rings is 3. The molecule has 1 fully saturated rings. The molecule has 0 radical (unpaired) electrons. The molecule has 5 rings (SSSR count). The zero-order valence-corrected chi connectivity index (χ0v) is 26.6. The van der Waals surface area contributed by atoms with E-state index in [1.807, 2.05) is 50.2 Å². The van der Waals surface area contributed by atoms with E-state index < -0.39 is 47.3 Å². The van der Waals surface area contributed by atoms with Crippen LogP contribution in [0.3, 0.4) is 0 Å². The number of halogens is 1. The molecule has 2 aliphatic heterocycles. The van der Waals surface area contributed by atoms with E-state index in [1.54, 1.807) is 18.2 Å². The number of nitrogens with one attached hydrogen (secondary N) is 2. The highest BCUT2D eigenvalue weighted by Crippen LogP contribution is 2.46. The second kappa shape index (κ2) is 14.0. The number of carbonyl (C=O) groups excluding carboxylic acids is 4. The van der Waals surface area contributed by atoms with Crippen molar-refractivity contribution in [1.82, 2.24) is 15.1 Å². The summed E-state index contributed by atoms with van der Waals surface area (Å²) in [5.41, 5.74) is 1.67. The van der Waals surface area contributed by atoms with E-state index in [9.17, 15) is 28.8 Å². The molecule has 3 aromatic carbocycles. The van der Waals surface area contributed by atoms with Crippen molar-refractivity contribution in [1.29, 1.82) is 5.26 Å². The molecule has 3 aromatic rings. The fraction of sp³-hybridized carbons (Fsp3) is 0.361. The van der Waals surface area contributed by atoms with Gasteiger partial charge in [-0.25, -0.2) is 9.18 Å². The van der Waals surface area contributed by atoms with Crippen molar-refractivity contribution >= 4 is 29.5 Å². The van der Waals surface area contributed by atoms with Crippen LogP contribution in [-0.2, 0) is 37.6 Å². The van der Waals surface area contributed by atoms with Gasteiger partial charge in [0.25, 0.3) is 0 Å². The predicted molar refractivity (Wildman–Crippen MR) is 172 cm³/mol. The van der Waals surface area contributed by atoms with Gasteiger partial charge in [-0.2, -0.15) is 5.26 Å². The van der Waals surface area contributed by atoms with Crippen LogP contribution < -0.4 is 10.6 Å². The summed E-state index contributed by atoms with van der Waals surface area (Å²) >= 11 is 0. The number of hydrogen-bond donors (Lipinski definition) is 2. The highest BCUT2D eigenvalue weighted by molar-refractivity contribution is 6.07. The number of alkyl carbamates (subject to hydrolysis) is 1. The molecule has 0 aromatic heterocycles. The Labute approximate surface area is 273 Å². The molecule has 2 N–H and O–H groups in total. The van der Waals surface area contributed by atoms with Crippen molar-refractivity contribution < 1.29 is 28.3 Å². The molecule has 0 bridgehead atoms. The number of anilines is 1. The lowest BCUT2D eigenvalue weighted by atomic mass is 9.80. The summed E-state index contributed by atoms with van der Waals surface area (Å²) in [6.45, 7) is 3.81. The smallest absolute Gasteiger partial charge is 0.408 e. The summed E-state index contributed by atoms with van der Waals surface area (Å²) in [6, 6.07) is 21.1. The third-order valence-electron chi connectivity index (χ3n) is 8.87. The molecule has 0 unspecified atom stereocenters. The first-order valence-electron chi connectivity index (χ1n) is 15.6. The summed E-state index contributed by atoms with van der Waals surface area (Å²) in [5.74, 6) is -1.75. The van der Waals surface area contributed by atoms with Crippen LogP contribution in [0.4, 0.5) is 14.9 Å². The number of likely N-dealkylation sites (N-methyl/N-ethyl adjacent to an activating group) is 1. The van der Waals surface area contributed by atoms with Crippen LogP contribution in [0.5, 0.6) is 0 Å². The van der Waals surface area contributed by atoms with Crippen molar-refractivity contribution in [2.24, 2.45) is 5.92 Å². The third kappa shape index (κ3) is 7.12. The van der Waals surface area contributed by atoms with E-state index in [4.69, 9.17) is 4.74 Å². The lowest BCUT2D eigenvalue weighted by Gasteiger charge is -2.35. The highest BCUT2D eigenvalue weighted by Gasteiger charge is 2.56. The molecule has 4 atom stereocenters. The van der Waals surface area contributed by atoms with Gasteiger partial charge in [0.15, 0.2) is 0 Å². The number of hydrogen-bond acceptors (Lipinski definition) is 6. The number of ether oxygens (including phenoxy) is 1. The molecule has 2 heterocycles. The molecule has 47 heavy (non-hydrogen) atoms. The van der Waals surface area contributed by atoms with Crippen molar-refractivity contribution in [3.8, 4) is 6.07 Å². The second-order valence-electron chi connectivity index (χ2n) is 12.6. The fourth-order valence-corrected chi connectivity index (χ4v) is 6.41. The van der Waals surface area contributed by atoms with E-state index in [2.05, 4.69) is 16.7 Å². The number of fused-ring (bicyclic) bond motifs is 2. The first-order chi connectivity index (χ1) is 22.5. The summed E-state index contributed by atoms with van der Waals surface area (Å²) in [4.78, 5) is 57.5. The summed E-state index contributed by atoms with van der Waals surface area (Å²) in [7, 11) is 1.49. The number of rotatable bonds is 10. The van der Waals surface area contributed by atoms with Crippen molar-refractivity contribution in [3.63, 3.8) is 0 Å². The maximum absolute atomic E-state index is 14.4. The molecule has 244 valence electrons. The normalized spacial score (nSPS) is 19.4. The average Bonchev–Trinajstić information content (AvgIpc) is 3.60. The first kappa shape index (κ1) is 33.1. The van der Waals surface area contributed by atoms with Crippen LogP contribution in [-0.4, -0.2) is 65.3 Å². The van der Waals surface area contributed by atoms with Gasteiger partial charge < -0.3 is 25.2 Å². The maximum atomic E-state index is 14.4. The minimum Gasteiger partial charge on any atom is -0.445 e. The minimum absolute atomic E-state index is 0.00734. The molecular weight excluding hydrogens is 601 g/mol. The van der Waals surface area contributed by atoms with Crippen LogP contribution >= 0.6 is 0 Å². The first-order valence-corrected chi connectivity index (χ1v) is 15.6. The molecule has 4 amide bonds. The molecule has 0 aliphatic carbocycles. The van der Waals surface area contributed by atoms with Crippen LogP contribution in [0.2, 0.25) is 0 Å². The summed E-state index contributed by atoms with van der Waals surface area (Å²) in [6.07, 6.45) is -0.414. The molecular formula is C36H38FN5O5. The molecule has 2 aliphatic rings. The number of para-hydroxylation sites is 1. The quantitative estimate of drug-likeness (QED) is 0.335. The third-order valence-corrected chi connectivity index (χ3v) is 8.87. The average molecular weight is 640 g/mol. The molecule has 1 saturated heterocycles. The number of nitrogens with zero attached hydrogens (tertiary/aromatic N) is 3. The Kier molecular flexibility index (Phi) is 9.89. The molecule has 0 saturated carbocycles. The Bertz CT molecular complexity index is 1670. The Balaban J connectivity index is 1.39. The van der Waals surface area contributed by atoms with E-state index in [0.29, 0.717) is 11.3 Å². The Morgan fingerprint density at radius 2 is 1.74 bits per heavy atom. The van der Waals surface area contributed by atoms with Crippen LogP contribution in [0.15, 0.2) is 78.9 Å². The van der Waals surface area contributed by atoms with Gasteiger partial charge in [0.1, 0.15) is 30.5 Å². The van der Waals surface area contributed by atoms with E-state index in [1.165, 1.54) is 41.1 Å². The van der Waals surface area contributed by atoms with Gasteiger partial charge in [-0.1, -0.05) is 74.5 Å². The lowest BCUT2D eigenvalue weighted by Crippen LogP contribution is -2.56. The lowest BCUT2D eigenvalue weighted by molar-refractivity contribution is -0.146. The Morgan fingerprint density at radius 1 is 1.06 bits per heavy atom. The van der Waals surface area contributed by atoms with Gasteiger partial charge in [0.05, 0.1) is 11.5 Å². The maximum Gasteiger partial charge on any atom is 0.408 e. The molecule has 1 spiro atoms. The fourth-order valence-electron chi connectivity index (χ4n) is 6.41. The van der Waals surface area contributed by atoms with E-state index in [0.717, 1.165) is 11.1 Å². The number of carbonyl (C=O) groups is 4. The molecule has 10 nitrogen and oxygen atoms in total. The number of nitriles is 1. The second-order valence-corrected chi connectivity index (χ2v) is 12.6. The largest absolute Gasteiger partial charge is 0.445 e. The van der Waals surface area contributed by atoms with Gasteiger partial charge >= 0.3 is 6.09 Å². The zero-order valence-electron chi connectivity index (χ0n) is 26.6. The standard InChI is InChI=1S/C36H38FN5O5/c1-23(2)17-31(33(44)42-22-36(19-27(42)20-38)28-11-7-8-12-29(28)39-34(36)45)41(3)32(43)30(18-24-13-15-26(37)16-14-24)40-35(46)47-21-25-9-5-4-6-10-25/h4-16,23,27,30-31H,17-19,21-22H2,1-3H3,(H,39,45)(H,40,46)/t27-,30-,31-,36-/m0/s1. The van der Waals surface area contributed by atoms with Crippen molar-refractivity contribution in [2.75, 3.05) is 18.9 Å². The van der Waals surface area contributed by atoms with Crippen molar-refractivity contribution in [3.05, 3.63) is 101 Å². The van der Waals surface area contributed by atoms with Crippen LogP contribution in [0.25, 0.3) is 0 Å². The van der Waals surface area contributed by atoms with Gasteiger partial charge in [-0.3, -0.25) is 14.4 Å². The van der Waals surface area contributed by atoms with E-state index in [-0.39, 0.29) is 44.2 Å². The topological polar surface area (TPSA) is 132 Å². The van der Waals surface area contributed by atoms with Crippen LogP contribution in [0.1, 0.15) is 43.4 Å². The number of likely N-dealkylation sites (tertiary alicyclic amines) is 1. The zero-order chi connectivity index (χ0) is 33.7. The summed E-state index contributed by atoms with van der Waals surface area (Å²) < 4.78 is 19.1. The SMILES string of the molecule is CC(C)C[C@@H](C(=O)N1C[C@]2(C[C@H]1C#N)C(=O)Nc1ccccc12)N(C)C(=O)[C@H](Cc1ccc(F)cc1)NC(=O)OCc1ccccc1. The van der Waals surface area contributed by atoms with Gasteiger partial charge in [-0.05, 0) is 47.2 Å². The van der Waals surface area contributed by atoms with Gasteiger partial charge in [0, 0.05) is 32.1 Å². The predicted octanol–water partition coefficient (Wildman–Crippen LogP) is 4.55. The van der Waals surface area contributed by atoms with Crippen molar-refractivity contribution in [2.45, 2.75) is 63.3 Å². The summed E-state index contributed by atoms with van der Waals surface area (Å²) in [5, 5.41) is 15.7. The number of amides is 4. The highest BCUT2D eigenvalue weighted by atomic mass is 19.1. The molecule has 11 heteroatoms. The van der Waals surface area contributed by atoms with E-state index >= 15 is 0 Å². The Hall–Kier alpha value is -5.24. The monoisotopic (exact) mass is 639 g/mol. The minimum atomic E-state index is -1.15.